The predicted molar refractivity (Wildman–Crippen MR) is 96.6 cm³/mol. The van der Waals surface area contributed by atoms with Crippen molar-refractivity contribution < 1.29 is 9.53 Å². The van der Waals surface area contributed by atoms with Crippen LogP contribution in [0.2, 0.25) is 0 Å². The topological polar surface area (TPSA) is 98.4 Å². The number of aryl methyl sites for hydroxylation is 3. The first-order valence-electron chi connectivity index (χ1n) is 8.97. The van der Waals surface area contributed by atoms with Crippen LogP contribution in [0.4, 0.5) is 0 Å². The van der Waals surface area contributed by atoms with Gasteiger partial charge in [0, 0.05) is 24.0 Å². The summed E-state index contributed by atoms with van der Waals surface area (Å²) in [4.78, 5) is 23.3. The number of hydrogen-bond acceptors (Lipinski definition) is 7. The summed E-state index contributed by atoms with van der Waals surface area (Å²) in [5.41, 5.74) is 2.57. The summed E-state index contributed by atoms with van der Waals surface area (Å²) >= 11 is 0. The predicted octanol–water partition coefficient (Wildman–Crippen LogP) is 1.52. The second kappa shape index (κ2) is 6.90. The molecule has 3 aromatic heterocycles. The first kappa shape index (κ1) is 17.3. The largest absolute Gasteiger partial charge is 0.471 e. The molecule has 0 radical (unpaired) electrons. The van der Waals surface area contributed by atoms with E-state index >= 15 is 0 Å². The number of carbonyl (C=O) groups excluding carboxylic acids is 1. The SMILES string of the molecule is Cc1ccc(OC2CCCN(C(=O)c3nc4nc(C)cc(C)n4n3)C2)nn1. The van der Waals surface area contributed by atoms with E-state index in [1.165, 1.54) is 0 Å². The van der Waals surface area contributed by atoms with Gasteiger partial charge in [0.15, 0.2) is 0 Å². The van der Waals surface area contributed by atoms with Gasteiger partial charge in [-0.25, -0.2) is 9.50 Å². The Morgan fingerprint density at radius 3 is 2.78 bits per heavy atom. The molecule has 27 heavy (non-hydrogen) atoms. The standard InChI is InChI=1S/C18H21N7O2/c1-11-6-7-15(22-21-11)27-14-5-4-8-24(10-14)17(26)16-20-18-19-12(2)9-13(3)25(18)23-16/h6-7,9,14H,4-5,8,10H2,1-3H3. The highest BCUT2D eigenvalue weighted by molar-refractivity contribution is 5.91. The van der Waals surface area contributed by atoms with Crippen molar-refractivity contribution in [3.63, 3.8) is 0 Å². The Morgan fingerprint density at radius 1 is 1.15 bits per heavy atom. The number of piperidine rings is 1. The fourth-order valence-electron chi connectivity index (χ4n) is 3.24. The number of likely N-dealkylation sites (tertiary alicyclic amines) is 1. The Balaban J connectivity index is 1.50. The molecule has 0 saturated carbocycles. The van der Waals surface area contributed by atoms with Crippen LogP contribution in [0.15, 0.2) is 18.2 Å². The highest BCUT2D eigenvalue weighted by Gasteiger charge is 2.28. The molecular weight excluding hydrogens is 346 g/mol. The van der Waals surface area contributed by atoms with Gasteiger partial charge in [0.1, 0.15) is 6.10 Å². The van der Waals surface area contributed by atoms with E-state index in [1.54, 1.807) is 15.5 Å². The maximum Gasteiger partial charge on any atom is 0.293 e. The summed E-state index contributed by atoms with van der Waals surface area (Å²) in [5.74, 6) is 0.865. The van der Waals surface area contributed by atoms with Gasteiger partial charge in [-0.1, -0.05) is 0 Å². The van der Waals surface area contributed by atoms with E-state index in [4.69, 9.17) is 4.74 Å². The molecule has 1 atom stereocenters. The van der Waals surface area contributed by atoms with Crippen molar-refractivity contribution in [1.29, 1.82) is 0 Å². The lowest BCUT2D eigenvalue weighted by Crippen LogP contribution is -2.44. The molecule has 0 aromatic carbocycles. The lowest BCUT2D eigenvalue weighted by atomic mass is 10.1. The Labute approximate surface area is 156 Å². The second-order valence-corrected chi connectivity index (χ2v) is 6.83. The highest BCUT2D eigenvalue weighted by Crippen LogP contribution is 2.18. The molecule has 0 aliphatic carbocycles. The van der Waals surface area contributed by atoms with E-state index in [-0.39, 0.29) is 17.8 Å². The van der Waals surface area contributed by atoms with Crippen LogP contribution in [0.3, 0.4) is 0 Å². The van der Waals surface area contributed by atoms with Gasteiger partial charge in [-0.15, -0.1) is 10.2 Å². The van der Waals surface area contributed by atoms with Crippen LogP contribution in [0.25, 0.3) is 5.78 Å². The Kier molecular flexibility index (Phi) is 4.43. The van der Waals surface area contributed by atoms with Crippen LogP contribution in [0, 0.1) is 20.8 Å². The van der Waals surface area contributed by atoms with Crippen molar-refractivity contribution in [2.75, 3.05) is 13.1 Å². The maximum atomic E-state index is 12.9. The third kappa shape index (κ3) is 3.57. The van der Waals surface area contributed by atoms with Crippen LogP contribution in [0.1, 0.15) is 40.5 Å². The number of nitrogens with zero attached hydrogens (tertiary/aromatic N) is 7. The van der Waals surface area contributed by atoms with Gasteiger partial charge in [-0.05, 0) is 45.7 Å². The third-order valence-corrected chi connectivity index (χ3v) is 4.54. The normalized spacial score (nSPS) is 17.3. The Hall–Kier alpha value is -3.10. The molecule has 9 nitrogen and oxygen atoms in total. The quantitative estimate of drug-likeness (QED) is 0.692. The van der Waals surface area contributed by atoms with Gasteiger partial charge in [-0.2, -0.15) is 10.1 Å². The fourth-order valence-corrected chi connectivity index (χ4v) is 3.24. The van der Waals surface area contributed by atoms with Gasteiger partial charge < -0.3 is 9.64 Å². The molecule has 0 bridgehead atoms. The van der Waals surface area contributed by atoms with Gasteiger partial charge in [0.25, 0.3) is 11.7 Å². The monoisotopic (exact) mass is 367 g/mol. The van der Waals surface area contributed by atoms with E-state index in [0.29, 0.717) is 24.7 Å². The highest BCUT2D eigenvalue weighted by atomic mass is 16.5. The minimum absolute atomic E-state index is 0.126. The molecular formula is C18H21N7O2. The van der Waals surface area contributed by atoms with E-state index in [9.17, 15) is 4.79 Å². The molecule has 0 spiro atoms. The molecule has 3 aromatic rings. The lowest BCUT2D eigenvalue weighted by Gasteiger charge is -2.31. The van der Waals surface area contributed by atoms with Gasteiger partial charge >= 0.3 is 0 Å². The summed E-state index contributed by atoms with van der Waals surface area (Å²) < 4.78 is 7.49. The van der Waals surface area contributed by atoms with Crippen molar-refractivity contribution in [1.82, 2.24) is 34.7 Å². The average molecular weight is 367 g/mol. The molecule has 9 heteroatoms. The van der Waals surface area contributed by atoms with E-state index in [1.807, 2.05) is 32.9 Å². The first-order valence-corrected chi connectivity index (χ1v) is 8.97. The zero-order chi connectivity index (χ0) is 19.0. The van der Waals surface area contributed by atoms with Crippen molar-refractivity contribution in [3.8, 4) is 5.88 Å². The van der Waals surface area contributed by atoms with E-state index in [2.05, 4.69) is 25.3 Å². The number of ether oxygens (including phenoxy) is 1. The number of aromatic nitrogens is 6. The van der Waals surface area contributed by atoms with Crippen molar-refractivity contribution in [3.05, 3.63) is 41.1 Å². The van der Waals surface area contributed by atoms with Gasteiger partial charge in [0.2, 0.25) is 11.7 Å². The zero-order valence-electron chi connectivity index (χ0n) is 15.6. The van der Waals surface area contributed by atoms with E-state index in [0.717, 1.165) is 29.9 Å². The lowest BCUT2D eigenvalue weighted by molar-refractivity contribution is 0.0515. The smallest absolute Gasteiger partial charge is 0.293 e. The zero-order valence-corrected chi connectivity index (χ0v) is 15.6. The van der Waals surface area contributed by atoms with Crippen LogP contribution < -0.4 is 4.74 Å². The molecule has 1 fully saturated rings. The van der Waals surface area contributed by atoms with E-state index < -0.39 is 0 Å². The summed E-state index contributed by atoms with van der Waals surface area (Å²) in [7, 11) is 0. The molecule has 4 heterocycles. The fraction of sp³-hybridized carbons (Fsp3) is 0.444. The molecule has 1 saturated heterocycles. The van der Waals surface area contributed by atoms with Crippen LogP contribution in [0.5, 0.6) is 5.88 Å². The summed E-state index contributed by atoms with van der Waals surface area (Å²) in [6, 6.07) is 5.55. The second-order valence-electron chi connectivity index (χ2n) is 6.83. The van der Waals surface area contributed by atoms with Gasteiger partial charge in [0.05, 0.1) is 12.2 Å². The summed E-state index contributed by atoms with van der Waals surface area (Å²) in [6.07, 6.45) is 1.58. The minimum atomic E-state index is -0.208. The number of carbonyl (C=O) groups is 1. The molecule has 1 aliphatic heterocycles. The number of fused-ring (bicyclic) bond motifs is 1. The number of amides is 1. The molecule has 140 valence electrons. The molecule has 0 N–H and O–H groups in total. The number of hydrogen-bond donors (Lipinski definition) is 0. The van der Waals surface area contributed by atoms with Crippen molar-refractivity contribution in [2.45, 2.75) is 39.7 Å². The molecule has 1 aliphatic rings. The van der Waals surface area contributed by atoms with Crippen molar-refractivity contribution in [2.24, 2.45) is 0 Å². The Morgan fingerprint density at radius 2 is 2.00 bits per heavy atom. The summed E-state index contributed by atoms with van der Waals surface area (Å²) in [5, 5.41) is 12.4. The average Bonchev–Trinajstić information content (AvgIpc) is 3.07. The minimum Gasteiger partial charge on any atom is -0.471 e. The Bertz CT molecular complexity index is 983. The van der Waals surface area contributed by atoms with Crippen LogP contribution >= 0.6 is 0 Å². The van der Waals surface area contributed by atoms with Gasteiger partial charge in [-0.3, -0.25) is 4.79 Å². The molecule has 4 rings (SSSR count). The molecule has 1 amide bonds. The third-order valence-electron chi connectivity index (χ3n) is 4.54. The van der Waals surface area contributed by atoms with Crippen LogP contribution in [-0.4, -0.2) is 59.8 Å². The molecule has 1 unspecified atom stereocenters. The number of rotatable bonds is 3. The summed E-state index contributed by atoms with van der Waals surface area (Å²) in [6.45, 7) is 6.80. The van der Waals surface area contributed by atoms with Crippen molar-refractivity contribution >= 4 is 11.7 Å². The first-order chi connectivity index (χ1) is 13.0. The maximum absolute atomic E-state index is 12.9. The van der Waals surface area contributed by atoms with Crippen LogP contribution in [-0.2, 0) is 0 Å².